The lowest BCUT2D eigenvalue weighted by Crippen LogP contribution is -2.50. The molecule has 31 heavy (non-hydrogen) atoms. The molecule has 2 rings (SSSR count). The Balaban J connectivity index is 2.38. The maximum Gasteiger partial charge on any atom is 0.273 e. The summed E-state index contributed by atoms with van der Waals surface area (Å²) in [6.45, 7) is 5.42. The number of para-hydroxylation sites is 1. The lowest BCUT2D eigenvalue weighted by atomic mass is 10.1. The van der Waals surface area contributed by atoms with Crippen LogP contribution in [0, 0.1) is 10.1 Å². The number of nitro groups is 1. The summed E-state index contributed by atoms with van der Waals surface area (Å²) in [4.78, 5) is 38.2. The van der Waals surface area contributed by atoms with Crippen LogP contribution < -0.4 is 5.32 Å². The van der Waals surface area contributed by atoms with Gasteiger partial charge >= 0.3 is 0 Å². The van der Waals surface area contributed by atoms with Crippen molar-refractivity contribution < 1.29 is 14.5 Å². The average Bonchev–Trinajstić information content (AvgIpc) is 2.73. The number of amides is 2. The van der Waals surface area contributed by atoms with E-state index in [-0.39, 0.29) is 36.2 Å². The first-order valence-corrected chi connectivity index (χ1v) is 10.7. The fraction of sp³-hybridized carbons (Fsp3) is 0.364. The second-order valence-corrected chi connectivity index (χ2v) is 8.09. The standard InChI is InChI=1S/C22H25Cl2N3O4/c1-4-14(2)25-22(29)15(3)26(13-17-18(23)9-7-10-19(17)24)21(28)12-16-8-5-6-11-20(16)27(30)31/h5-11,14-15H,4,12-13H2,1-3H3,(H,25,29)/t14-,15-/m1/s1. The minimum Gasteiger partial charge on any atom is -0.352 e. The maximum absolute atomic E-state index is 13.3. The molecule has 0 aliphatic rings. The van der Waals surface area contributed by atoms with Crippen LogP contribution in [0.25, 0.3) is 0 Å². The maximum atomic E-state index is 13.3. The van der Waals surface area contributed by atoms with Gasteiger partial charge in [0.15, 0.2) is 0 Å². The number of hydrogen-bond donors (Lipinski definition) is 1. The summed E-state index contributed by atoms with van der Waals surface area (Å²) in [5.74, 6) is -0.773. The summed E-state index contributed by atoms with van der Waals surface area (Å²) in [5.41, 5.74) is 0.621. The van der Waals surface area contributed by atoms with Crippen molar-refractivity contribution in [3.05, 3.63) is 73.8 Å². The second kappa shape index (κ2) is 11.1. The smallest absolute Gasteiger partial charge is 0.273 e. The van der Waals surface area contributed by atoms with E-state index in [1.807, 2.05) is 13.8 Å². The van der Waals surface area contributed by atoms with Gasteiger partial charge in [-0.2, -0.15) is 0 Å². The van der Waals surface area contributed by atoms with Crippen LogP contribution >= 0.6 is 23.2 Å². The molecule has 1 N–H and O–H groups in total. The molecular weight excluding hydrogens is 441 g/mol. The molecule has 0 saturated heterocycles. The fourth-order valence-electron chi connectivity index (χ4n) is 3.00. The number of nitrogens with one attached hydrogen (secondary N) is 1. The first-order chi connectivity index (χ1) is 14.6. The minimum absolute atomic E-state index is 0.00688. The molecule has 0 heterocycles. The Morgan fingerprint density at radius 1 is 1.10 bits per heavy atom. The van der Waals surface area contributed by atoms with E-state index in [9.17, 15) is 19.7 Å². The predicted octanol–water partition coefficient (Wildman–Crippen LogP) is 4.78. The van der Waals surface area contributed by atoms with Gasteiger partial charge in [-0.25, -0.2) is 0 Å². The molecule has 0 fully saturated rings. The van der Waals surface area contributed by atoms with E-state index in [4.69, 9.17) is 23.2 Å². The molecule has 2 aromatic carbocycles. The molecule has 7 nitrogen and oxygen atoms in total. The topological polar surface area (TPSA) is 92.6 Å². The third-order valence-electron chi connectivity index (χ3n) is 5.09. The van der Waals surface area contributed by atoms with Gasteiger partial charge in [0, 0.05) is 39.8 Å². The van der Waals surface area contributed by atoms with Crippen LogP contribution in [0.3, 0.4) is 0 Å². The number of nitro benzene ring substituents is 1. The van der Waals surface area contributed by atoms with Crippen molar-refractivity contribution in [2.75, 3.05) is 0 Å². The lowest BCUT2D eigenvalue weighted by Gasteiger charge is -2.30. The highest BCUT2D eigenvalue weighted by Crippen LogP contribution is 2.27. The molecule has 0 aliphatic heterocycles. The van der Waals surface area contributed by atoms with Crippen molar-refractivity contribution in [1.82, 2.24) is 10.2 Å². The molecule has 0 spiro atoms. The summed E-state index contributed by atoms with van der Waals surface area (Å²) < 4.78 is 0. The number of rotatable bonds is 9. The van der Waals surface area contributed by atoms with Crippen LogP contribution in [0.1, 0.15) is 38.3 Å². The molecule has 0 aliphatic carbocycles. The molecule has 0 radical (unpaired) electrons. The van der Waals surface area contributed by atoms with E-state index in [1.54, 1.807) is 31.2 Å². The summed E-state index contributed by atoms with van der Waals surface area (Å²) in [6, 6.07) is 10.1. The highest BCUT2D eigenvalue weighted by Gasteiger charge is 2.29. The van der Waals surface area contributed by atoms with Crippen LogP contribution in [0.5, 0.6) is 0 Å². The molecule has 2 amide bonds. The summed E-state index contributed by atoms with van der Waals surface area (Å²) in [7, 11) is 0. The van der Waals surface area contributed by atoms with Gasteiger partial charge in [-0.3, -0.25) is 19.7 Å². The molecule has 0 unspecified atom stereocenters. The Labute approximate surface area is 191 Å². The van der Waals surface area contributed by atoms with Crippen molar-refractivity contribution in [3.63, 3.8) is 0 Å². The van der Waals surface area contributed by atoms with Crippen LogP contribution in [0.4, 0.5) is 5.69 Å². The summed E-state index contributed by atoms with van der Waals surface area (Å²) in [6.07, 6.45) is 0.499. The van der Waals surface area contributed by atoms with Crippen LogP contribution in [-0.4, -0.2) is 33.7 Å². The van der Waals surface area contributed by atoms with E-state index >= 15 is 0 Å². The molecule has 0 bridgehead atoms. The lowest BCUT2D eigenvalue weighted by molar-refractivity contribution is -0.385. The molecule has 166 valence electrons. The summed E-state index contributed by atoms with van der Waals surface area (Å²) >= 11 is 12.6. The SMILES string of the molecule is CC[C@@H](C)NC(=O)[C@@H](C)N(Cc1c(Cl)cccc1Cl)C(=O)Cc1ccccc1[N+](=O)[O-]. The zero-order valence-corrected chi connectivity index (χ0v) is 19.1. The largest absolute Gasteiger partial charge is 0.352 e. The van der Waals surface area contributed by atoms with Gasteiger partial charge in [-0.1, -0.05) is 54.4 Å². The second-order valence-electron chi connectivity index (χ2n) is 7.28. The summed E-state index contributed by atoms with van der Waals surface area (Å²) in [5, 5.41) is 14.9. The Kier molecular flexibility index (Phi) is 8.83. The number of carbonyl (C=O) groups is 2. The van der Waals surface area contributed by atoms with Crippen LogP contribution in [0.2, 0.25) is 10.0 Å². The average molecular weight is 466 g/mol. The number of halogens is 2. The Morgan fingerprint density at radius 3 is 2.29 bits per heavy atom. The van der Waals surface area contributed by atoms with Crippen LogP contribution in [-0.2, 0) is 22.6 Å². The number of hydrogen-bond acceptors (Lipinski definition) is 4. The minimum atomic E-state index is -0.836. The molecule has 2 aromatic rings. The van der Waals surface area contributed by atoms with Gasteiger partial charge in [-0.05, 0) is 32.4 Å². The number of benzene rings is 2. The Morgan fingerprint density at radius 2 is 1.71 bits per heavy atom. The number of nitrogens with zero attached hydrogens (tertiary/aromatic N) is 2. The molecule has 9 heteroatoms. The monoisotopic (exact) mass is 465 g/mol. The molecule has 0 aromatic heterocycles. The van der Waals surface area contributed by atoms with Crippen molar-refractivity contribution in [1.29, 1.82) is 0 Å². The first-order valence-electron chi connectivity index (χ1n) is 9.90. The predicted molar refractivity (Wildman–Crippen MR) is 121 cm³/mol. The van der Waals surface area contributed by atoms with E-state index in [1.165, 1.54) is 23.1 Å². The zero-order valence-electron chi connectivity index (χ0n) is 17.6. The highest BCUT2D eigenvalue weighted by atomic mass is 35.5. The van der Waals surface area contributed by atoms with Gasteiger partial charge in [0.25, 0.3) is 5.69 Å². The van der Waals surface area contributed by atoms with Gasteiger partial charge in [0.05, 0.1) is 11.3 Å². The van der Waals surface area contributed by atoms with Gasteiger partial charge in [0.2, 0.25) is 11.8 Å². The quantitative estimate of drug-likeness (QED) is 0.426. The van der Waals surface area contributed by atoms with Crippen molar-refractivity contribution in [2.45, 2.75) is 52.2 Å². The van der Waals surface area contributed by atoms with Gasteiger partial charge < -0.3 is 10.2 Å². The van der Waals surface area contributed by atoms with Crippen LogP contribution in [0.15, 0.2) is 42.5 Å². The highest BCUT2D eigenvalue weighted by molar-refractivity contribution is 6.36. The molecule has 2 atom stereocenters. The van der Waals surface area contributed by atoms with Gasteiger partial charge in [-0.15, -0.1) is 0 Å². The van der Waals surface area contributed by atoms with E-state index in [0.29, 0.717) is 15.6 Å². The van der Waals surface area contributed by atoms with Crippen molar-refractivity contribution in [2.24, 2.45) is 0 Å². The third-order valence-corrected chi connectivity index (χ3v) is 5.80. The Hall–Kier alpha value is -2.64. The zero-order chi connectivity index (χ0) is 23.1. The van der Waals surface area contributed by atoms with Crippen molar-refractivity contribution in [3.8, 4) is 0 Å². The molecule has 0 saturated carbocycles. The normalized spacial score (nSPS) is 12.7. The van der Waals surface area contributed by atoms with E-state index in [0.717, 1.165) is 6.42 Å². The third kappa shape index (κ3) is 6.42. The Bertz CT molecular complexity index is 947. The fourth-order valence-corrected chi connectivity index (χ4v) is 3.52. The first kappa shape index (κ1) is 24.6. The van der Waals surface area contributed by atoms with Gasteiger partial charge in [0.1, 0.15) is 6.04 Å². The van der Waals surface area contributed by atoms with E-state index in [2.05, 4.69) is 5.32 Å². The van der Waals surface area contributed by atoms with E-state index < -0.39 is 16.9 Å². The molecular formula is C22H25Cl2N3O4. The number of carbonyl (C=O) groups excluding carboxylic acids is 2. The van der Waals surface area contributed by atoms with Crippen molar-refractivity contribution >= 4 is 40.7 Å².